The Morgan fingerprint density at radius 1 is 1.35 bits per heavy atom. The van der Waals surface area contributed by atoms with Crippen molar-refractivity contribution in [2.24, 2.45) is 5.73 Å². The lowest BCUT2D eigenvalue weighted by Gasteiger charge is -2.03. The summed E-state index contributed by atoms with van der Waals surface area (Å²) in [5.41, 5.74) is 9.79. The maximum Gasteiger partial charge on any atom is 0.234 e. The van der Waals surface area contributed by atoms with Crippen molar-refractivity contribution < 1.29 is 4.79 Å². The van der Waals surface area contributed by atoms with Gasteiger partial charge < -0.3 is 11.1 Å². The van der Waals surface area contributed by atoms with Gasteiger partial charge in [-0.3, -0.25) is 4.79 Å². The number of hydrogen-bond acceptors (Lipinski definition) is 4. The Hall–Kier alpha value is -2.21. The van der Waals surface area contributed by atoms with Crippen LogP contribution in [0, 0.1) is 0 Å². The molecule has 0 bridgehead atoms. The van der Waals surface area contributed by atoms with Crippen molar-refractivity contribution in [2.45, 2.75) is 25.8 Å². The molecule has 0 radical (unpaired) electrons. The molecule has 0 saturated carbocycles. The Morgan fingerprint density at radius 3 is 3.05 bits per heavy atom. The van der Waals surface area contributed by atoms with Crippen molar-refractivity contribution in [1.29, 1.82) is 0 Å². The van der Waals surface area contributed by atoms with Crippen LogP contribution in [0.5, 0.6) is 0 Å². The number of aryl methyl sites for hydroxylation is 2. The quantitative estimate of drug-likeness (QED) is 0.839. The monoisotopic (exact) mass is 271 g/mol. The minimum atomic E-state index is -0.197. The van der Waals surface area contributed by atoms with Gasteiger partial charge in [-0.25, -0.2) is 4.68 Å². The lowest BCUT2D eigenvalue weighted by Crippen LogP contribution is -2.29. The highest BCUT2D eigenvalue weighted by Crippen LogP contribution is 2.24. The third-order valence-electron chi connectivity index (χ3n) is 3.54. The van der Waals surface area contributed by atoms with Gasteiger partial charge in [-0.2, -0.15) is 0 Å². The molecule has 6 heteroatoms. The molecule has 0 atom stereocenters. The van der Waals surface area contributed by atoms with E-state index in [4.69, 9.17) is 5.73 Å². The van der Waals surface area contributed by atoms with Gasteiger partial charge in [0.1, 0.15) is 5.69 Å². The second-order valence-electron chi connectivity index (χ2n) is 4.94. The summed E-state index contributed by atoms with van der Waals surface area (Å²) >= 11 is 0. The van der Waals surface area contributed by atoms with Crippen molar-refractivity contribution in [3.8, 4) is 5.69 Å². The van der Waals surface area contributed by atoms with Crippen LogP contribution in [0.2, 0.25) is 0 Å². The fraction of sp³-hybridized carbons (Fsp3) is 0.357. The second kappa shape index (κ2) is 5.42. The minimum absolute atomic E-state index is 0.0149. The van der Waals surface area contributed by atoms with Gasteiger partial charge in [0.2, 0.25) is 5.91 Å². The zero-order valence-electron chi connectivity index (χ0n) is 11.2. The molecule has 1 aromatic carbocycles. The summed E-state index contributed by atoms with van der Waals surface area (Å²) in [6.45, 7) is 0.333. The lowest BCUT2D eigenvalue weighted by molar-refractivity contribution is -0.119. The predicted molar refractivity (Wildman–Crippen MR) is 74.3 cm³/mol. The summed E-state index contributed by atoms with van der Waals surface area (Å²) in [6, 6.07) is 6.38. The number of amides is 1. The van der Waals surface area contributed by atoms with E-state index in [0.29, 0.717) is 12.2 Å². The molecule has 0 fully saturated rings. The summed E-state index contributed by atoms with van der Waals surface area (Å²) in [6.07, 6.45) is 5.36. The van der Waals surface area contributed by atoms with Crippen LogP contribution in [0.25, 0.3) is 5.69 Å². The average molecular weight is 271 g/mol. The smallest absolute Gasteiger partial charge is 0.234 e. The van der Waals surface area contributed by atoms with Crippen LogP contribution in [0.3, 0.4) is 0 Å². The van der Waals surface area contributed by atoms with Gasteiger partial charge in [0, 0.05) is 0 Å². The number of fused-ring (bicyclic) bond motifs is 1. The Kier molecular flexibility index (Phi) is 3.47. The summed E-state index contributed by atoms with van der Waals surface area (Å²) < 4.78 is 1.74. The number of aromatic nitrogens is 3. The van der Waals surface area contributed by atoms with Crippen molar-refractivity contribution in [2.75, 3.05) is 6.54 Å². The van der Waals surface area contributed by atoms with Crippen LogP contribution < -0.4 is 11.1 Å². The molecule has 2 aromatic rings. The van der Waals surface area contributed by atoms with Crippen LogP contribution in [0.4, 0.5) is 0 Å². The summed E-state index contributed by atoms with van der Waals surface area (Å²) in [5, 5.41) is 10.8. The molecular weight excluding hydrogens is 254 g/mol. The SMILES string of the molecule is NCC(=O)NCc1cn(-c2ccc3c(c2)CCC3)nn1. The third-order valence-corrected chi connectivity index (χ3v) is 3.54. The van der Waals surface area contributed by atoms with Gasteiger partial charge in [0.05, 0.1) is 25.0 Å². The Labute approximate surface area is 117 Å². The maximum absolute atomic E-state index is 11.1. The number of hydrogen-bond donors (Lipinski definition) is 2. The number of carbonyl (C=O) groups excluding carboxylic acids is 1. The molecule has 0 spiro atoms. The minimum Gasteiger partial charge on any atom is -0.349 e. The average Bonchev–Trinajstić information content (AvgIpc) is 3.12. The zero-order valence-corrected chi connectivity index (χ0v) is 11.2. The largest absolute Gasteiger partial charge is 0.349 e. The van der Waals surface area contributed by atoms with Crippen molar-refractivity contribution >= 4 is 5.91 Å². The molecule has 0 saturated heterocycles. The van der Waals surface area contributed by atoms with Crippen LogP contribution in [0.15, 0.2) is 24.4 Å². The number of benzene rings is 1. The van der Waals surface area contributed by atoms with Gasteiger partial charge >= 0.3 is 0 Å². The molecule has 1 heterocycles. The zero-order chi connectivity index (χ0) is 13.9. The van der Waals surface area contributed by atoms with Gasteiger partial charge in [0.25, 0.3) is 0 Å². The molecule has 1 aliphatic carbocycles. The fourth-order valence-corrected chi connectivity index (χ4v) is 2.47. The molecule has 1 aromatic heterocycles. The van der Waals surface area contributed by atoms with Crippen molar-refractivity contribution in [3.05, 3.63) is 41.2 Å². The molecule has 1 aliphatic rings. The molecule has 104 valence electrons. The van der Waals surface area contributed by atoms with E-state index in [1.54, 1.807) is 4.68 Å². The molecule has 1 amide bonds. The van der Waals surface area contributed by atoms with E-state index in [1.807, 2.05) is 6.20 Å². The third kappa shape index (κ3) is 2.55. The molecule has 3 rings (SSSR count). The highest BCUT2D eigenvalue weighted by atomic mass is 16.1. The van der Waals surface area contributed by atoms with E-state index in [-0.39, 0.29) is 12.5 Å². The number of nitrogens with two attached hydrogens (primary N) is 1. The van der Waals surface area contributed by atoms with Gasteiger partial charge in [-0.05, 0) is 42.5 Å². The number of carbonyl (C=O) groups is 1. The highest BCUT2D eigenvalue weighted by molar-refractivity contribution is 5.77. The highest BCUT2D eigenvalue weighted by Gasteiger charge is 2.12. The second-order valence-corrected chi connectivity index (χ2v) is 4.94. The summed E-state index contributed by atoms with van der Waals surface area (Å²) in [5.74, 6) is -0.197. The standard InChI is InChI=1S/C14H17N5O/c15-7-14(20)16-8-12-9-19(18-17-12)13-5-4-10-2-1-3-11(10)6-13/h4-6,9H,1-3,7-8,15H2,(H,16,20). The molecular formula is C14H17N5O. The van der Waals surface area contributed by atoms with Crippen LogP contribution in [-0.4, -0.2) is 27.4 Å². The first-order valence-electron chi connectivity index (χ1n) is 6.76. The first-order chi connectivity index (χ1) is 9.76. The maximum atomic E-state index is 11.1. The Morgan fingerprint density at radius 2 is 2.20 bits per heavy atom. The number of rotatable bonds is 4. The number of nitrogens with one attached hydrogen (secondary N) is 1. The van der Waals surface area contributed by atoms with Crippen LogP contribution >= 0.6 is 0 Å². The van der Waals surface area contributed by atoms with E-state index in [0.717, 1.165) is 12.1 Å². The van der Waals surface area contributed by atoms with E-state index in [1.165, 1.54) is 24.0 Å². The first kappa shape index (κ1) is 12.8. The predicted octanol–water partition coefficient (Wildman–Crippen LogP) is 0.331. The summed E-state index contributed by atoms with van der Waals surface area (Å²) in [4.78, 5) is 11.1. The Balaban J connectivity index is 1.74. The summed E-state index contributed by atoms with van der Waals surface area (Å²) in [7, 11) is 0. The van der Waals surface area contributed by atoms with Crippen molar-refractivity contribution in [3.63, 3.8) is 0 Å². The van der Waals surface area contributed by atoms with Crippen LogP contribution in [0.1, 0.15) is 23.2 Å². The van der Waals surface area contributed by atoms with Crippen molar-refractivity contribution in [1.82, 2.24) is 20.3 Å². The van der Waals surface area contributed by atoms with Gasteiger partial charge in [-0.15, -0.1) is 5.10 Å². The molecule has 0 unspecified atom stereocenters. The van der Waals surface area contributed by atoms with Crippen LogP contribution in [-0.2, 0) is 24.2 Å². The molecule has 6 nitrogen and oxygen atoms in total. The number of nitrogens with zero attached hydrogens (tertiary/aromatic N) is 3. The van der Waals surface area contributed by atoms with E-state index < -0.39 is 0 Å². The molecule has 20 heavy (non-hydrogen) atoms. The lowest BCUT2D eigenvalue weighted by atomic mass is 10.1. The van der Waals surface area contributed by atoms with E-state index in [9.17, 15) is 4.79 Å². The van der Waals surface area contributed by atoms with E-state index >= 15 is 0 Å². The topological polar surface area (TPSA) is 85.8 Å². The first-order valence-corrected chi connectivity index (χ1v) is 6.76. The molecule has 3 N–H and O–H groups in total. The normalized spacial score (nSPS) is 13.2. The van der Waals surface area contributed by atoms with Gasteiger partial charge in [-0.1, -0.05) is 11.3 Å². The molecule has 0 aliphatic heterocycles. The van der Waals surface area contributed by atoms with Gasteiger partial charge in [0.15, 0.2) is 0 Å². The Bertz CT molecular complexity index is 634. The fourth-order valence-electron chi connectivity index (χ4n) is 2.47. The van der Waals surface area contributed by atoms with E-state index in [2.05, 4.69) is 33.8 Å².